The van der Waals surface area contributed by atoms with Crippen LogP contribution in [0.1, 0.15) is 13.8 Å². The molecule has 3 aromatic rings. The fraction of sp³-hybridized carbons (Fsp3) is 0.345. The van der Waals surface area contributed by atoms with Gasteiger partial charge < -0.3 is 24.4 Å². The van der Waals surface area contributed by atoms with Crippen molar-refractivity contribution in [2.45, 2.75) is 43.3 Å². The fourth-order valence-corrected chi connectivity index (χ4v) is 6.84. The van der Waals surface area contributed by atoms with Gasteiger partial charge in [-0.1, -0.05) is 38.1 Å². The summed E-state index contributed by atoms with van der Waals surface area (Å²) in [5.41, 5.74) is 1.39. The number of rotatable bonds is 6. The molecular formula is C29H31F3N4O5S. The van der Waals surface area contributed by atoms with Crippen LogP contribution in [-0.2, 0) is 14.7 Å². The number of para-hydroxylation sites is 4. The number of anilines is 2. The minimum absolute atomic E-state index is 0.0318. The molecule has 13 heteroatoms. The SMILES string of the molecule is CN=S(=O)(NC1CN(C(=O)C(C)C)CC(N2c3ccccc3Oc3ccccc32)C1O)c1ccc(OC(F)(F)F)cc1. The first kappa shape index (κ1) is 29.7. The third-order valence-corrected chi connectivity index (χ3v) is 9.23. The predicted molar refractivity (Wildman–Crippen MR) is 151 cm³/mol. The molecule has 2 aliphatic rings. The van der Waals surface area contributed by atoms with Crippen molar-refractivity contribution in [1.29, 1.82) is 0 Å². The first-order valence-corrected chi connectivity index (χ1v) is 14.8. The molecule has 5 rings (SSSR count). The summed E-state index contributed by atoms with van der Waals surface area (Å²) in [6.07, 6.45) is -6.03. The lowest BCUT2D eigenvalue weighted by Gasteiger charge is -2.48. The number of nitrogens with one attached hydrogen (secondary N) is 1. The van der Waals surface area contributed by atoms with E-state index < -0.39 is 40.2 Å². The minimum atomic E-state index is -4.87. The fourth-order valence-electron chi connectivity index (χ4n) is 5.26. The highest BCUT2D eigenvalue weighted by atomic mass is 32.2. The van der Waals surface area contributed by atoms with Gasteiger partial charge in [-0.3, -0.25) is 4.79 Å². The Balaban J connectivity index is 1.52. The molecule has 9 nitrogen and oxygen atoms in total. The predicted octanol–water partition coefficient (Wildman–Crippen LogP) is 5.09. The molecule has 3 aromatic carbocycles. The summed E-state index contributed by atoms with van der Waals surface area (Å²) in [5.74, 6) is 0.192. The molecule has 1 fully saturated rings. The topological polar surface area (TPSA) is 104 Å². The Morgan fingerprint density at radius 3 is 2.12 bits per heavy atom. The van der Waals surface area contributed by atoms with Gasteiger partial charge in [-0.15, -0.1) is 13.2 Å². The van der Waals surface area contributed by atoms with Gasteiger partial charge in [0, 0.05) is 26.1 Å². The van der Waals surface area contributed by atoms with Crippen molar-refractivity contribution in [3.8, 4) is 17.2 Å². The summed E-state index contributed by atoms with van der Waals surface area (Å²) in [4.78, 5) is 16.9. The lowest BCUT2D eigenvalue weighted by atomic mass is 9.93. The largest absolute Gasteiger partial charge is 0.573 e. The number of benzene rings is 3. The van der Waals surface area contributed by atoms with Gasteiger partial charge in [0.15, 0.2) is 11.5 Å². The van der Waals surface area contributed by atoms with E-state index in [0.29, 0.717) is 22.9 Å². The van der Waals surface area contributed by atoms with Crippen LogP contribution < -0.4 is 19.1 Å². The van der Waals surface area contributed by atoms with E-state index in [1.165, 1.54) is 19.2 Å². The Morgan fingerprint density at radius 1 is 1.02 bits per heavy atom. The van der Waals surface area contributed by atoms with E-state index in [9.17, 15) is 27.3 Å². The number of hydrogen-bond acceptors (Lipinski definition) is 7. The summed E-state index contributed by atoms with van der Waals surface area (Å²) >= 11 is 0. The van der Waals surface area contributed by atoms with Crippen molar-refractivity contribution in [1.82, 2.24) is 9.62 Å². The third-order valence-electron chi connectivity index (χ3n) is 7.18. The van der Waals surface area contributed by atoms with E-state index in [-0.39, 0.29) is 29.8 Å². The van der Waals surface area contributed by atoms with Gasteiger partial charge in [0.2, 0.25) is 5.91 Å². The molecule has 0 saturated carbocycles. The molecular weight excluding hydrogens is 573 g/mol. The second kappa shape index (κ2) is 11.5. The van der Waals surface area contributed by atoms with E-state index in [1.54, 1.807) is 18.7 Å². The van der Waals surface area contributed by atoms with Gasteiger partial charge in [-0.25, -0.2) is 13.3 Å². The van der Waals surface area contributed by atoms with Crippen LogP contribution in [0, 0.1) is 5.92 Å². The standard InChI is InChI=1S/C29H31F3N4O5S/c1-18(2)28(38)35-16-21(34-42(39,33-3)20-14-12-19(13-15-20)41-29(30,31)32)27(37)24(17-35)36-22-8-4-6-10-25(22)40-26-11-7-5-9-23(26)36/h4-15,18,21,24,27,37H,16-17H2,1-3H3,(H,33,34,39). The number of halogens is 3. The maximum Gasteiger partial charge on any atom is 0.573 e. The molecule has 1 saturated heterocycles. The van der Waals surface area contributed by atoms with Crippen LogP contribution in [-0.4, -0.2) is 64.8 Å². The Bertz CT molecular complexity index is 1530. The smallest absolute Gasteiger partial charge is 0.453 e. The Morgan fingerprint density at radius 2 is 1.60 bits per heavy atom. The average molecular weight is 605 g/mol. The number of hydrogen-bond donors (Lipinski definition) is 2. The monoisotopic (exact) mass is 604 g/mol. The van der Waals surface area contributed by atoms with Gasteiger partial charge in [0.25, 0.3) is 0 Å². The van der Waals surface area contributed by atoms with Crippen LogP contribution in [0.25, 0.3) is 0 Å². The van der Waals surface area contributed by atoms with Gasteiger partial charge in [-0.2, -0.15) is 0 Å². The molecule has 2 heterocycles. The highest BCUT2D eigenvalue weighted by molar-refractivity contribution is 7.91. The number of nitrogens with zero attached hydrogens (tertiary/aromatic N) is 3. The van der Waals surface area contributed by atoms with Crippen LogP contribution in [0.5, 0.6) is 17.2 Å². The molecule has 4 unspecified atom stereocenters. The number of alkyl halides is 3. The van der Waals surface area contributed by atoms with Crippen LogP contribution in [0.2, 0.25) is 0 Å². The Hall–Kier alpha value is -3.81. The van der Waals surface area contributed by atoms with Crippen molar-refractivity contribution in [2.75, 3.05) is 25.0 Å². The summed E-state index contributed by atoms with van der Waals surface area (Å²) in [7, 11) is -2.13. The minimum Gasteiger partial charge on any atom is -0.453 e. The molecule has 0 aliphatic carbocycles. The van der Waals surface area contributed by atoms with Gasteiger partial charge in [0.1, 0.15) is 15.7 Å². The maximum absolute atomic E-state index is 14.1. The quantitative estimate of drug-likeness (QED) is 0.407. The van der Waals surface area contributed by atoms with Crippen molar-refractivity contribution in [3.63, 3.8) is 0 Å². The van der Waals surface area contributed by atoms with E-state index in [0.717, 1.165) is 12.1 Å². The third kappa shape index (κ3) is 5.90. The molecule has 2 N–H and O–H groups in total. The summed E-state index contributed by atoms with van der Waals surface area (Å²) < 4.78 is 69.0. The lowest BCUT2D eigenvalue weighted by molar-refractivity contribution is -0.274. The van der Waals surface area contributed by atoms with E-state index >= 15 is 0 Å². The molecule has 224 valence electrons. The van der Waals surface area contributed by atoms with E-state index in [4.69, 9.17) is 4.74 Å². The highest BCUT2D eigenvalue weighted by Crippen LogP contribution is 2.48. The van der Waals surface area contributed by atoms with Crippen LogP contribution >= 0.6 is 0 Å². The summed E-state index contributed by atoms with van der Waals surface area (Å²) in [6.45, 7) is 3.76. The van der Waals surface area contributed by atoms with Crippen LogP contribution in [0.3, 0.4) is 0 Å². The zero-order valence-corrected chi connectivity index (χ0v) is 23.9. The summed E-state index contributed by atoms with van der Waals surface area (Å²) in [5, 5.41) is 11.9. The van der Waals surface area contributed by atoms with Crippen LogP contribution in [0.15, 0.2) is 82.1 Å². The van der Waals surface area contributed by atoms with Crippen molar-refractivity contribution in [2.24, 2.45) is 10.3 Å². The maximum atomic E-state index is 14.1. The molecule has 2 aliphatic heterocycles. The van der Waals surface area contributed by atoms with E-state index in [1.807, 2.05) is 53.4 Å². The number of ether oxygens (including phenoxy) is 2. The number of amides is 1. The average Bonchev–Trinajstić information content (AvgIpc) is 2.96. The lowest BCUT2D eigenvalue weighted by Crippen LogP contribution is -2.66. The Kier molecular flexibility index (Phi) is 8.10. The van der Waals surface area contributed by atoms with Crippen molar-refractivity contribution in [3.05, 3.63) is 72.8 Å². The van der Waals surface area contributed by atoms with Gasteiger partial charge in [-0.05, 0) is 48.5 Å². The van der Waals surface area contributed by atoms with Crippen LogP contribution in [0.4, 0.5) is 24.5 Å². The van der Waals surface area contributed by atoms with Crippen molar-refractivity contribution < 1.29 is 36.8 Å². The highest BCUT2D eigenvalue weighted by Gasteiger charge is 2.44. The number of fused-ring (bicyclic) bond motifs is 2. The Labute approximate surface area is 242 Å². The van der Waals surface area contributed by atoms with Gasteiger partial charge in [0.05, 0.1) is 34.5 Å². The molecule has 0 spiro atoms. The van der Waals surface area contributed by atoms with Gasteiger partial charge >= 0.3 is 6.36 Å². The van der Waals surface area contributed by atoms with E-state index in [2.05, 4.69) is 13.8 Å². The molecule has 0 bridgehead atoms. The zero-order chi connectivity index (χ0) is 30.2. The normalized spacial score (nSPS) is 21.6. The second-order valence-electron chi connectivity index (χ2n) is 10.3. The number of carbonyl (C=O) groups is 1. The number of aliphatic hydroxyl groups excluding tert-OH is 1. The number of likely N-dealkylation sites (tertiary alicyclic amines) is 1. The first-order chi connectivity index (χ1) is 19.9. The summed E-state index contributed by atoms with van der Waals surface area (Å²) in [6, 6.07) is 17.7. The molecule has 0 aromatic heterocycles. The molecule has 42 heavy (non-hydrogen) atoms. The van der Waals surface area contributed by atoms with Crippen molar-refractivity contribution >= 4 is 27.2 Å². The zero-order valence-electron chi connectivity index (χ0n) is 23.1. The molecule has 0 radical (unpaired) electrons. The number of piperidine rings is 1. The number of aliphatic hydroxyl groups is 1. The first-order valence-electron chi connectivity index (χ1n) is 13.3. The number of carbonyl (C=O) groups excluding carboxylic acids is 1. The molecule has 1 amide bonds. The second-order valence-corrected chi connectivity index (χ2v) is 12.4. The molecule has 4 atom stereocenters.